The van der Waals surface area contributed by atoms with Gasteiger partial charge in [0.05, 0.1) is 10.9 Å². The second kappa shape index (κ2) is 4.57. The normalized spacial score (nSPS) is 15.3. The Bertz CT molecular complexity index is 572. The van der Waals surface area contributed by atoms with Gasteiger partial charge in [-0.05, 0) is 41.8 Å². The van der Waals surface area contributed by atoms with Gasteiger partial charge in [-0.3, -0.25) is 0 Å². The summed E-state index contributed by atoms with van der Waals surface area (Å²) in [6.07, 6.45) is 0.312. The van der Waals surface area contributed by atoms with Crippen LogP contribution in [-0.2, 0) is 6.42 Å². The fraction of sp³-hybridized carbons (Fsp3) is 0.286. The largest absolute Gasteiger partial charge is 0.493 e. The number of benzene rings is 1. The van der Waals surface area contributed by atoms with Crippen molar-refractivity contribution in [1.82, 2.24) is 0 Å². The second-order valence-corrected chi connectivity index (χ2v) is 6.16. The molecule has 18 heavy (non-hydrogen) atoms. The minimum Gasteiger partial charge on any atom is -0.493 e. The molecule has 0 saturated carbocycles. The molecule has 2 nitrogen and oxygen atoms in total. The van der Waals surface area contributed by atoms with E-state index in [1.54, 1.807) is 0 Å². The Morgan fingerprint density at radius 2 is 2.22 bits per heavy atom. The van der Waals surface area contributed by atoms with Gasteiger partial charge in [0.15, 0.2) is 0 Å². The van der Waals surface area contributed by atoms with E-state index in [9.17, 15) is 5.11 Å². The maximum Gasteiger partial charge on any atom is 0.122 e. The lowest BCUT2D eigenvalue weighted by Gasteiger charge is -2.10. The first-order valence-corrected chi connectivity index (χ1v) is 7.04. The number of aryl methyl sites for hydroxylation is 1. The smallest absolute Gasteiger partial charge is 0.122 e. The molecular formula is C14H13ClO2S. The van der Waals surface area contributed by atoms with E-state index in [2.05, 4.69) is 0 Å². The first-order valence-electron chi connectivity index (χ1n) is 5.84. The molecule has 1 aromatic carbocycles. The third-order valence-corrected chi connectivity index (χ3v) is 4.78. The van der Waals surface area contributed by atoms with Crippen LogP contribution in [0.1, 0.15) is 27.7 Å². The Labute approximate surface area is 115 Å². The second-order valence-electron chi connectivity index (χ2n) is 4.47. The van der Waals surface area contributed by atoms with Crippen molar-refractivity contribution in [3.63, 3.8) is 0 Å². The highest BCUT2D eigenvalue weighted by Gasteiger charge is 2.18. The van der Waals surface area contributed by atoms with E-state index in [1.165, 1.54) is 16.9 Å². The van der Waals surface area contributed by atoms with Crippen molar-refractivity contribution in [2.24, 2.45) is 0 Å². The first-order chi connectivity index (χ1) is 8.65. The zero-order valence-corrected chi connectivity index (χ0v) is 11.5. The van der Waals surface area contributed by atoms with E-state index in [-0.39, 0.29) is 0 Å². The molecule has 0 radical (unpaired) electrons. The van der Waals surface area contributed by atoms with E-state index in [0.717, 1.165) is 39.1 Å². The van der Waals surface area contributed by atoms with Crippen molar-refractivity contribution in [2.45, 2.75) is 19.4 Å². The predicted octanol–water partition coefficient (Wildman–Crippen LogP) is 3.73. The van der Waals surface area contributed by atoms with Gasteiger partial charge in [0.2, 0.25) is 0 Å². The number of hydrogen-bond donors (Lipinski definition) is 1. The van der Waals surface area contributed by atoms with Crippen molar-refractivity contribution >= 4 is 22.9 Å². The van der Waals surface area contributed by atoms with Crippen LogP contribution in [0.15, 0.2) is 24.3 Å². The van der Waals surface area contributed by atoms with Gasteiger partial charge in [0, 0.05) is 11.3 Å². The number of fused-ring (bicyclic) bond motifs is 1. The van der Waals surface area contributed by atoms with Crippen molar-refractivity contribution in [3.8, 4) is 5.75 Å². The molecule has 94 valence electrons. The van der Waals surface area contributed by atoms with Crippen LogP contribution >= 0.6 is 22.9 Å². The fourth-order valence-electron chi connectivity index (χ4n) is 2.16. The summed E-state index contributed by atoms with van der Waals surface area (Å²) in [6, 6.07) is 7.82. The van der Waals surface area contributed by atoms with Crippen LogP contribution < -0.4 is 4.74 Å². The fourth-order valence-corrected chi connectivity index (χ4v) is 3.39. The van der Waals surface area contributed by atoms with Crippen LogP contribution in [0.3, 0.4) is 0 Å². The van der Waals surface area contributed by atoms with Crippen LogP contribution in [0, 0.1) is 6.92 Å². The van der Waals surface area contributed by atoms with Crippen molar-refractivity contribution in [3.05, 3.63) is 50.2 Å². The van der Waals surface area contributed by atoms with Gasteiger partial charge in [-0.2, -0.15) is 0 Å². The number of rotatable bonds is 2. The highest BCUT2D eigenvalue weighted by atomic mass is 35.5. The summed E-state index contributed by atoms with van der Waals surface area (Å²) >= 11 is 7.48. The Morgan fingerprint density at radius 1 is 1.39 bits per heavy atom. The lowest BCUT2D eigenvalue weighted by atomic mass is 10.0. The van der Waals surface area contributed by atoms with Crippen LogP contribution in [0.2, 0.25) is 4.34 Å². The van der Waals surface area contributed by atoms with Gasteiger partial charge in [-0.1, -0.05) is 17.7 Å². The first kappa shape index (κ1) is 12.0. The lowest BCUT2D eigenvalue weighted by Crippen LogP contribution is -1.97. The van der Waals surface area contributed by atoms with Gasteiger partial charge in [-0.25, -0.2) is 0 Å². The monoisotopic (exact) mass is 280 g/mol. The van der Waals surface area contributed by atoms with Crippen LogP contribution in [0.25, 0.3) is 0 Å². The third kappa shape index (κ3) is 2.03. The van der Waals surface area contributed by atoms with Gasteiger partial charge < -0.3 is 9.84 Å². The molecule has 1 aliphatic rings. The molecule has 1 N–H and O–H groups in total. The zero-order chi connectivity index (χ0) is 12.7. The molecule has 0 saturated heterocycles. The van der Waals surface area contributed by atoms with Gasteiger partial charge in [0.25, 0.3) is 0 Å². The molecule has 1 atom stereocenters. The van der Waals surface area contributed by atoms with Crippen LogP contribution in [0.4, 0.5) is 0 Å². The number of hydrogen-bond acceptors (Lipinski definition) is 3. The van der Waals surface area contributed by atoms with Gasteiger partial charge >= 0.3 is 0 Å². The van der Waals surface area contributed by atoms with Crippen molar-refractivity contribution in [2.75, 3.05) is 6.61 Å². The molecule has 0 aliphatic carbocycles. The molecule has 4 heteroatoms. The summed E-state index contributed by atoms with van der Waals surface area (Å²) in [5.41, 5.74) is 3.09. The Morgan fingerprint density at radius 3 is 2.94 bits per heavy atom. The summed E-state index contributed by atoms with van der Waals surface area (Å²) in [5.74, 6) is 0.936. The summed E-state index contributed by atoms with van der Waals surface area (Å²) in [7, 11) is 0. The highest BCUT2D eigenvalue weighted by Crippen LogP contribution is 2.36. The Hall–Kier alpha value is -1.03. The van der Waals surface area contributed by atoms with Crippen LogP contribution in [0.5, 0.6) is 5.75 Å². The zero-order valence-electron chi connectivity index (χ0n) is 9.94. The molecule has 2 heterocycles. The lowest BCUT2D eigenvalue weighted by molar-refractivity contribution is 0.224. The van der Waals surface area contributed by atoms with E-state index in [1.807, 2.05) is 31.2 Å². The average molecular weight is 281 g/mol. The van der Waals surface area contributed by atoms with E-state index >= 15 is 0 Å². The van der Waals surface area contributed by atoms with Gasteiger partial charge in [0.1, 0.15) is 11.9 Å². The highest BCUT2D eigenvalue weighted by molar-refractivity contribution is 7.16. The average Bonchev–Trinajstić information content (AvgIpc) is 2.95. The summed E-state index contributed by atoms with van der Waals surface area (Å²) < 4.78 is 6.21. The molecule has 1 unspecified atom stereocenters. The number of ether oxygens (including phenoxy) is 1. The van der Waals surface area contributed by atoms with E-state index < -0.39 is 6.10 Å². The number of thiophene rings is 1. The van der Waals surface area contributed by atoms with E-state index in [4.69, 9.17) is 16.3 Å². The topological polar surface area (TPSA) is 29.5 Å². The number of aliphatic hydroxyl groups excluding tert-OH is 1. The number of halogens is 1. The molecule has 0 bridgehead atoms. The maximum absolute atomic E-state index is 10.4. The summed E-state index contributed by atoms with van der Waals surface area (Å²) in [6.45, 7) is 2.68. The molecule has 2 aromatic rings. The van der Waals surface area contributed by atoms with Crippen LogP contribution in [-0.4, -0.2) is 11.7 Å². The minimum atomic E-state index is -0.605. The molecule has 1 aliphatic heterocycles. The summed E-state index contributed by atoms with van der Waals surface area (Å²) in [4.78, 5) is 0.886. The number of aliphatic hydroxyl groups is 1. The molecule has 0 spiro atoms. The quantitative estimate of drug-likeness (QED) is 0.908. The predicted molar refractivity (Wildman–Crippen MR) is 73.8 cm³/mol. The van der Waals surface area contributed by atoms with Crippen molar-refractivity contribution in [1.29, 1.82) is 0 Å². The third-order valence-electron chi connectivity index (χ3n) is 3.18. The molecule has 3 rings (SSSR count). The molecular weight excluding hydrogens is 268 g/mol. The van der Waals surface area contributed by atoms with Gasteiger partial charge in [-0.15, -0.1) is 11.3 Å². The SMILES string of the molecule is Cc1cc(C(O)c2ccc3c(c2)CCO3)sc1Cl. The standard InChI is InChI=1S/C14H13ClO2S/c1-8-6-12(18-14(8)15)13(16)10-2-3-11-9(7-10)4-5-17-11/h2-3,6-7,13,16H,4-5H2,1H3. The van der Waals surface area contributed by atoms with E-state index in [0.29, 0.717) is 0 Å². The molecule has 1 aromatic heterocycles. The molecule has 0 amide bonds. The maximum atomic E-state index is 10.4. The van der Waals surface area contributed by atoms with Crippen molar-refractivity contribution < 1.29 is 9.84 Å². The Kier molecular flexibility index (Phi) is 3.06. The Balaban J connectivity index is 1.94. The molecule has 0 fully saturated rings. The minimum absolute atomic E-state index is 0.605. The summed E-state index contributed by atoms with van der Waals surface area (Å²) in [5, 5.41) is 10.4.